The zero-order valence-electron chi connectivity index (χ0n) is 11.1. The summed E-state index contributed by atoms with van der Waals surface area (Å²) in [5.74, 6) is -0.932. The smallest absolute Gasteiger partial charge is 0.326 e. The largest absolute Gasteiger partial charge is 0.480 e. The van der Waals surface area contributed by atoms with Gasteiger partial charge in [-0.25, -0.2) is 14.8 Å². The third kappa shape index (κ3) is 3.89. The standard InChI is InChI=1S/C13H11ClN4O4/c14-11-12(16-6-5-15-11)17-10(13(19)20)7-8-1-3-9(4-2-8)18(21)22/h1-6,10H,7H2,(H,16,17)(H,19,20)/t10-/m0/s1. The molecule has 0 amide bonds. The number of benzene rings is 1. The molecular weight excluding hydrogens is 312 g/mol. The van der Waals surface area contributed by atoms with Gasteiger partial charge in [0.1, 0.15) is 6.04 Å². The van der Waals surface area contributed by atoms with Gasteiger partial charge in [0, 0.05) is 30.9 Å². The van der Waals surface area contributed by atoms with Crippen molar-refractivity contribution in [2.45, 2.75) is 12.5 Å². The molecule has 22 heavy (non-hydrogen) atoms. The number of carboxylic acid groups (broad SMARTS) is 1. The van der Waals surface area contributed by atoms with Crippen molar-refractivity contribution in [3.8, 4) is 0 Å². The van der Waals surface area contributed by atoms with Gasteiger partial charge in [-0.15, -0.1) is 0 Å². The van der Waals surface area contributed by atoms with Crippen LogP contribution >= 0.6 is 11.6 Å². The number of aromatic nitrogens is 2. The summed E-state index contributed by atoms with van der Waals surface area (Å²) in [5, 5.41) is 22.6. The van der Waals surface area contributed by atoms with Crippen molar-refractivity contribution in [1.29, 1.82) is 0 Å². The van der Waals surface area contributed by atoms with Crippen LogP contribution in [0.2, 0.25) is 5.15 Å². The number of hydrogen-bond donors (Lipinski definition) is 2. The molecule has 0 bridgehead atoms. The zero-order valence-corrected chi connectivity index (χ0v) is 11.9. The number of nitro benzene ring substituents is 1. The lowest BCUT2D eigenvalue weighted by atomic mass is 10.1. The first kappa shape index (κ1) is 15.6. The SMILES string of the molecule is O=C(O)[C@H](Cc1ccc([N+](=O)[O-])cc1)Nc1nccnc1Cl. The monoisotopic (exact) mass is 322 g/mol. The van der Waals surface area contributed by atoms with Crippen LogP contribution in [0.3, 0.4) is 0 Å². The van der Waals surface area contributed by atoms with Crippen molar-refractivity contribution >= 4 is 29.1 Å². The van der Waals surface area contributed by atoms with Crippen LogP contribution in [0.4, 0.5) is 11.5 Å². The van der Waals surface area contributed by atoms with Gasteiger partial charge in [-0.05, 0) is 5.56 Å². The van der Waals surface area contributed by atoms with Gasteiger partial charge in [-0.2, -0.15) is 0 Å². The minimum Gasteiger partial charge on any atom is -0.480 e. The molecule has 1 atom stereocenters. The van der Waals surface area contributed by atoms with E-state index in [4.69, 9.17) is 11.6 Å². The average Bonchev–Trinajstić information content (AvgIpc) is 2.49. The molecule has 0 aliphatic heterocycles. The summed E-state index contributed by atoms with van der Waals surface area (Å²) in [4.78, 5) is 29.1. The van der Waals surface area contributed by atoms with E-state index in [0.29, 0.717) is 5.56 Å². The Morgan fingerprint density at radius 2 is 1.95 bits per heavy atom. The minimum absolute atomic E-state index is 0.0550. The molecule has 0 aliphatic rings. The number of non-ortho nitro benzene ring substituents is 1. The van der Waals surface area contributed by atoms with Crippen molar-refractivity contribution < 1.29 is 14.8 Å². The summed E-state index contributed by atoms with van der Waals surface area (Å²) in [7, 11) is 0. The molecule has 2 N–H and O–H groups in total. The molecule has 8 nitrogen and oxygen atoms in total. The third-order valence-electron chi connectivity index (χ3n) is 2.85. The highest BCUT2D eigenvalue weighted by Gasteiger charge is 2.20. The lowest BCUT2D eigenvalue weighted by Crippen LogP contribution is -2.32. The number of rotatable bonds is 6. The van der Waals surface area contributed by atoms with Crippen LogP contribution in [0, 0.1) is 10.1 Å². The number of nitrogens with one attached hydrogen (secondary N) is 1. The second-order valence-corrected chi connectivity index (χ2v) is 4.72. The fourth-order valence-corrected chi connectivity index (χ4v) is 1.93. The molecule has 2 aromatic rings. The van der Waals surface area contributed by atoms with Crippen molar-refractivity contribution in [1.82, 2.24) is 9.97 Å². The maximum absolute atomic E-state index is 11.3. The minimum atomic E-state index is -1.10. The molecule has 0 unspecified atom stereocenters. The normalized spacial score (nSPS) is 11.7. The van der Waals surface area contributed by atoms with Gasteiger partial charge in [0.05, 0.1) is 4.92 Å². The molecule has 0 aliphatic carbocycles. The highest BCUT2D eigenvalue weighted by Crippen LogP contribution is 2.18. The number of hydrogen-bond acceptors (Lipinski definition) is 6. The van der Waals surface area contributed by atoms with Gasteiger partial charge in [0.2, 0.25) is 0 Å². The Morgan fingerprint density at radius 1 is 1.32 bits per heavy atom. The molecule has 2 rings (SSSR count). The lowest BCUT2D eigenvalue weighted by molar-refractivity contribution is -0.384. The summed E-state index contributed by atoms with van der Waals surface area (Å²) >= 11 is 5.83. The van der Waals surface area contributed by atoms with Crippen molar-refractivity contribution in [2.24, 2.45) is 0 Å². The number of aliphatic carboxylic acids is 1. The van der Waals surface area contributed by atoms with Crippen LogP contribution in [-0.4, -0.2) is 32.0 Å². The van der Waals surface area contributed by atoms with Gasteiger partial charge >= 0.3 is 5.97 Å². The fraction of sp³-hybridized carbons (Fsp3) is 0.154. The lowest BCUT2D eigenvalue weighted by Gasteiger charge is -2.15. The number of nitro groups is 1. The molecule has 0 radical (unpaired) electrons. The van der Waals surface area contributed by atoms with Gasteiger partial charge in [-0.3, -0.25) is 10.1 Å². The van der Waals surface area contributed by atoms with E-state index in [1.54, 1.807) is 0 Å². The predicted octanol–water partition coefficient (Wildman–Crippen LogP) is 2.15. The Morgan fingerprint density at radius 3 is 2.50 bits per heavy atom. The van der Waals surface area contributed by atoms with E-state index in [2.05, 4.69) is 15.3 Å². The quantitative estimate of drug-likeness (QED) is 0.617. The summed E-state index contributed by atoms with van der Waals surface area (Å²) in [6.45, 7) is 0. The topological polar surface area (TPSA) is 118 Å². The van der Waals surface area contributed by atoms with E-state index in [9.17, 15) is 20.0 Å². The first-order valence-corrected chi connectivity index (χ1v) is 6.54. The summed E-state index contributed by atoms with van der Waals surface area (Å²) < 4.78 is 0. The number of nitrogens with zero attached hydrogens (tertiary/aromatic N) is 3. The van der Waals surface area contributed by atoms with Gasteiger partial charge in [0.25, 0.3) is 5.69 Å². The molecule has 114 valence electrons. The van der Waals surface area contributed by atoms with Crippen molar-refractivity contribution in [2.75, 3.05) is 5.32 Å². The summed E-state index contributed by atoms with van der Waals surface area (Å²) in [5.41, 5.74) is 0.575. The number of halogens is 1. The Bertz CT molecular complexity index is 693. The maximum Gasteiger partial charge on any atom is 0.326 e. The van der Waals surface area contributed by atoms with E-state index < -0.39 is 16.9 Å². The Kier molecular flexibility index (Phi) is 4.84. The molecule has 0 fully saturated rings. The maximum atomic E-state index is 11.3. The Hall–Kier alpha value is -2.74. The van der Waals surface area contributed by atoms with Crippen LogP contribution in [0.25, 0.3) is 0 Å². The third-order valence-corrected chi connectivity index (χ3v) is 3.13. The van der Waals surface area contributed by atoms with Crippen LogP contribution in [0.5, 0.6) is 0 Å². The van der Waals surface area contributed by atoms with E-state index >= 15 is 0 Å². The van der Waals surface area contributed by atoms with E-state index in [-0.39, 0.29) is 23.1 Å². The first-order chi connectivity index (χ1) is 10.5. The molecule has 9 heteroatoms. The van der Waals surface area contributed by atoms with E-state index in [0.717, 1.165) is 0 Å². The molecular formula is C13H11ClN4O4. The van der Waals surface area contributed by atoms with Gasteiger partial charge < -0.3 is 10.4 Å². The molecule has 1 heterocycles. The van der Waals surface area contributed by atoms with Crippen LogP contribution in [0.15, 0.2) is 36.7 Å². The molecule has 0 spiro atoms. The summed E-state index contributed by atoms with van der Waals surface area (Å²) in [6, 6.07) is 4.67. The van der Waals surface area contributed by atoms with E-state index in [1.807, 2.05) is 0 Å². The second-order valence-electron chi connectivity index (χ2n) is 4.36. The molecule has 1 aromatic carbocycles. The van der Waals surface area contributed by atoms with Gasteiger partial charge in [0.15, 0.2) is 11.0 Å². The highest BCUT2D eigenvalue weighted by molar-refractivity contribution is 6.31. The second kappa shape index (κ2) is 6.81. The zero-order chi connectivity index (χ0) is 16.1. The van der Waals surface area contributed by atoms with Gasteiger partial charge in [-0.1, -0.05) is 23.7 Å². The van der Waals surface area contributed by atoms with E-state index in [1.165, 1.54) is 36.7 Å². The highest BCUT2D eigenvalue weighted by atomic mass is 35.5. The van der Waals surface area contributed by atoms with Crippen molar-refractivity contribution in [3.05, 3.63) is 57.5 Å². The predicted molar refractivity (Wildman–Crippen MR) is 78.9 cm³/mol. The average molecular weight is 323 g/mol. The molecule has 0 saturated heterocycles. The summed E-state index contributed by atoms with van der Waals surface area (Å²) in [6.07, 6.45) is 2.89. The van der Waals surface area contributed by atoms with Crippen LogP contribution in [0.1, 0.15) is 5.56 Å². The molecule has 0 saturated carbocycles. The van der Waals surface area contributed by atoms with Crippen LogP contribution in [-0.2, 0) is 11.2 Å². The fourth-order valence-electron chi connectivity index (χ4n) is 1.77. The number of carboxylic acids is 1. The first-order valence-electron chi connectivity index (χ1n) is 6.16. The molecule has 1 aromatic heterocycles. The number of carbonyl (C=O) groups is 1. The Balaban J connectivity index is 2.14. The van der Waals surface area contributed by atoms with Crippen LogP contribution < -0.4 is 5.32 Å². The number of anilines is 1. The Labute approximate surface area is 129 Å². The van der Waals surface area contributed by atoms with Crippen molar-refractivity contribution in [3.63, 3.8) is 0 Å².